The van der Waals surface area contributed by atoms with Crippen molar-refractivity contribution in [1.82, 2.24) is 15.3 Å². The summed E-state index contributed by atoms with van der Waals surface area (Å²) < 4.78 is 5.60. The van der Waals surface area contributed by atoms with E-state index >= 15 is 0 Å². The van der Waals surface area contributed by atoms with Crippen LogP contribution in [0.2, 0.25) is 10.0 Å². The van der Waals surface area contributed by atoms with Gasteiger partial charge in [-0.05, 0) is 24.3 Å². The number of hydrogen-bond donors (Lipinski definition) is 2. The number of halogens is 2. The van der Waals surface area contributed by atoms with Gasteiger partial charge in [-0.3, -0.25) is 14.8 Å². The molecule has 1 amide bonds. The minimum Gasteiger partial charge on any atom is -0.478 e. The third kappa shape index (κ3) is 3.15. The van der Waals surface area contributed by atoms with Crippen LogP contribution < -0.4 is 5.32 Å². The number of aromatic carboxylic acids is 1. The Bertz CT molecular complexity index is 1250. The fourth-order valence-corrected chi connectivity index (χ4v) is 3.34. The molecule has 3 aromatic heterocycles. The van der Waals surface area contributed by atoms with Crippen molar-refractivity contribution >= 4 is 57.0 Å². The molecule has 0 aliphatic heterocycles. The number of carboxylic acid groups (broad SMARTS) is 1. The van der Waals surface area contributed by atoms with Crippen molar-refractivity contribution in [3.8, 4) is 0 Å². The third-order valence-corrected chi connectivity index (χ3v) is 4.79. The number of fused-ring (bicyclic) bond motifs is 2. The number of rotatable bonds is 4. The molecule has 0 saturated carbocycles. The Labute approximate surface area is 167 Å². The molecule has 0 saturated heterocycles. The molecule has 0 aliphatic carbocycles. The lowest BCUT2D eigenvalue weighted by Gasteiger charge is -2.06. The second kappa shape index (κ2) is 7.10. The van der Waals surface area contributed by atoms with Crippen molar-refractivity contribution in [2.24, 2.45) is 0 Å². The van der Waals surface area contributed by atoms with Gasteiger partial charge in [-0.25, -0.2) is 4.79 Å². The summed E-state index contributed by atoms with van der Waals surface area (Å²) in [5.74, 6) is -1.39. The second-order valence-corrected chi connectivity index (χ2v) is 6.73. The molecule has 4 aromatic rings. The molecule has 0 atom stereocenters. The summed E-state index contributed by atoms with van der Waals surface area (Å²) in [7, 11) is 0. The molecule has 2 N–H and O–H groups in total. The molecule has 0 aliphatic rings. The van der Waals surface area contributed by atoms with Gasteiger partial charge in [-0.1, -0.05) is 23.2 Å². The van der Waals surface area contributed by atoms with Gasteiger partial charge in [0.1, 0.15) is 11.3 Å². The second-order valence-electron chi connectivity index (χ2n) is 5.92. The maximum Gasteiger partial charge on any atom is 0.339 e. The van der Waals surface area contributed by atoms with E-state index in [1.807, 2.05) is 0 Å². The van der Waals surface area contributed by atoms with Crippen LogP contribution >= 0.6 is 23.2 Å². The number of nitrogens with zero attached hydrogens (tertiary/aromatic N) is 2. The van der Waals surface area contributed by atoms with Gasteiger partial charge >= 0.3 is 5.97 Å². The molecule has 28 heavy (non-hydrogen) atoms. The van der Waals surface area contributed by atoms with E-state index in [-0.39, 0.29) is 33.5 Å². The highest BCUT2D eigenvalue weighted by Crippen LogP contribution is 2.35. The first-order chi connectivity index (χ1) is 13.5. The van der Waals surface area contributed by atoms with Gasteiger partial charge in [-0.15, -0.1) is 0 Å². The standard InChI is InChI=1S/C19H11Cl2N3O4/c20-10-4-11-15(21)14(28-17(11)12(5-10)19(26)27)8-24-18(25)13-7-22-6-9-2-1-3-23-16(9)13/h1-7H,8H2,(H,24,25)(H,26,27). The van der Waals surface area contributed by atoms with Gasteiger partial charge in [-0.2, -0.15) is 0 Å². The van der Waals surface area contributed by atoms with Gasteiger partial charge in [0.15, 0.2) is 5.58 Å². The van der Waals surface area contributed by atoms with Crippen LogP contribution in [0.5, 0.6) is 0 Å². The molecule has 0 fully saturated rings. The average molecular weight is 416 g/mol. The van der Waals surface area contributed by atoms with E-state index in [0.29, 0.717) is 16.5 Å². The number of hydrogen-bond acceptors (Lipinski definition) is 5. The SMILES string of the molecule is O=C(NCc1oc2c(C(=O)O)cc(Cl)cc2c1Cl)c1cncc2cccnc12. The van der Waals surface area contributed by atoms with Crippen LogP contribution in [-0.4, -0.2) is 27.0 Å². The largest absolute Gasteiger partial charge is 0.478 e. The molecule has 0 spiro atoms. The predicted molar refractivity (Wildman–Crippen MR) is 104 cm³/mol. The average Bonchev–Trinajstić information content (AvgIpc) is 3.00. The zero-order valence-electron chi connectivity index (χ0n) is 14.1. The van der Waals surface area contributed by atoms with Gasteiger partial charge in [0.05, 0.1) is 22.6 Å². The summed E-state index contributed by atoms with van der Waals surface area (Å²) in [5.41, 5.74) is 0.814. The van der Waals surface area contributed by atoms with Crippen LogP contribution in [0.15, 0.2) is 47.3 Å². The molecule has 140 valence electrons. The third-order valence-electron chi connectivity index (χ3n) is 4.16. The molecular weight excluding hydrogens is 405 g/mol. The van der Waals surface area contributed by atoms with E-state index < -0.39 is 11.9 Å². The van der Waals surface area contributed by atoms with E-state index in [2.05, 4.69) is 15.3 Å². The first-order valence-electron chi connectivity index (χ1n) is 8.06. The lowest BCUT2D eigenvalue weighted by molar-refractivity contribution is 0.0697. The molecule has 1 aromatic carbocycles. The smallest absolute Gasteiger partial charge is 0.339 e. The fourth-order valence-electron chi connectivity index (χ4n) is 2.88. The number of furan rings is 1. The molecule has 4 rings (SSSR count). The Morgan fingerprint density at radius 1 is 1.18 bits per heavy atom. The Hall–Kier alpha value is -3.16. The maximum atomic E-state index is 12.6. The van der Waals surface area contributed by atoms with Gasteiger partial charge in [0.25, 0.3) is 5.91 Å². The highest BCUT2D eigenvalue weighted by molar-refractivity contribution is 6.38. The van der Waals surface area contributed by atoms with Crippen molar-refractivity contribution in [2.75, 3.05) is 0 Å². The molecule has 0 unspecified atom stereocenters. The molecule has 3 heterocycles. The number of aromatic nitrogens is 2. The van der Waals surface area contributed by atoms with Gasteiger partial charge < -0.3 is 14.8 Å². The zero-order valence-corrected chi connectivity index (χ0v) is 15.6. The first kappa shape index (κ1) is 18.2. The van der Waals surface area contributed by atoms with E-state index in [4.69, 9.17) is 27.6 Å². The number of amides is 1. The first-order valence-corrected chi connectivity index (χ1v) is 8.82. The lowest BCUT2D eigenvalue weighted by atomic mass is 10.1. The summed E-state index contributed by atoms with van der Waals surface area (Å²) in [4.78, 5) is 32.3. The van der Waals surface area contributed by atoms with Gasteiger partial charge in [0, 0.05) is 34.4 Å². The van der Waals surface area contributed by atoms with Crippen molar-refractivity contribution in [3.63, 3.8) is 0 Å². The number of carbonyl (C=O) groups is 2. The predicted octanol–water partition coefficient (Wildman–Crippen LogP) is 4.31. The number of carbonyl (C=O) groups excluding carboxylic acids is 1. The van der Waals surface area contributed by atoms with Crippen LogP contribution in [0, 0.1) is 0 Å². The molecule has 0 radical (unpaired) electrons. The summed E-state index contributed by atoms with van der Waals surface area (Å²) in [5, 5.41) is 13.5. The van der Waals surface area contributed by atoms with Crippen LogP contribution in [-0.2, 0) is 6.54 Å². The highest BCUT2D eigenvalue weighted by Gasteiger charge is 2.21. The van der Waals surface area contributed by atoms with Crippen molar-refractivity contribution in [1.29, 1.82) is 0 Å². The van der Waals surface area contributed by atoms with Gasteiger partial charge in [0.2, 0.25) is 0 Å². The van der Waals surface area contributed by atoms with Crippen molar-refractivity contribution < 1.29 is 19.1 Å². The zero-order chi connectivity index (χ0) is 19.8. The van der Waals surface area contributed by atoms with Crippen molar-refractivity contribution in [3.05, 3.63) is 69.8 Å². The molecule has 7 nitrogen and oxygen atoms in total. The van der Waals surface area contributed by atoms with Crippen LogP contribution in [0.3, 0.4) is 0 Å². The number of nitrogens with one attached hydrogen (secondary N) is 1. The Morgan fingerprint density at radius 3 is 2.79 bits per heavy atom. The molecule has 9 heteroatoms. The van der Waals surface area contributed by atoms with Crippen molar-refractivity contribution in [2.45, 2.75) is 6.54 Å². The Morgan fingerprint density at radius 2 is 2.00 bits per heavy atom. The van der Waals surface area contributed by atoms with E-state index in [1.165, 1.54) is 18.3 Å². The number of benzene rings is 1. The van der Waals surface area contributed by atoms with Crippen LogP contribution in [0.25, 0.3) is 21.9 Å². The summed E-state index contributed by atoms with van der Waals surface area (Å²) in [6.07, 6.45) is 4.63. The lowest BCUT2D eigenvalue weighted by Crippen LogP contribution is -2.23. The fraction of sp³-hybridized carbons (Fsp3) is 0.0526. The monoisotopic (exact) mass is 415 g/mol. The highest BCUT2D eigenvalue weighted by atomic mass is 35.5. The number of carboxylic acids is 1. The van der Waals surface area contributed by atoms with E-state index in [1.54, 1.807) is 24.5 Å². The molecule has 0 bridgehead atoms. The van der Waals surface area contributed by atoms with Crippen LogP contribution in [0.1, 0.15) is 26.5 Å². The summed E-state index contributed by atoms with van der Waals surface area (Å²) in [6.45, 7) is -0.0494. The minimum absolute atomic E-state index is 0.0494. The summed E-state index contributed by atoms with van der Waals surface area (Å²) >= 11 is 12.3. The minimum atomic E-state index is -1.19. The van der Waals surface area contributed by atoms with Crippen LogP contribution in [0.4, 0.5) is 0 Å². The molecular formula is C19H11Cl2N3O4. The quantitative estimate of drug-likeness (QED) is 0.514. The Balaban J connectivity index is 1.65. The topological polar surface area (TPSA) is 105 Å². The number of pyridine rings is 2. The summed E-state index contributed by atoms with van der Waals surface area (Å²) in [6, 6.07) is 6.35. The van der Waals surface area contributed by atoms with E-state index in [9.17, 15) is 14.7 Å². The normalized spacial score (nSPS) is 11.1. The Kier molecular flexibility index (Phi) is 4.62. The maximum absolute atomic E-state index is 12.6. The van der Waals surface area contributed by atoms with E-state index in [0.717, 1.165) is 5.39 Å².